The number of fused-ring (bicyclic) bond motifs is 4. The van der Waals surface area contributed by atoms with Crippen molar-refractivity contribution in [2.75, 3.05) is 4.90 Å². The maximum atomic E-state index is 9.95. The van der Waals surface area contributed by atoms with Gasteiger partial charge in [-0.05, 0) is 147 Å². The van der Waals surface area contributed by atoms with Gasteiger partial charge in [-0.25, -0.2) is 0 Å². The highest BCUT2D eigenvalue weighted by molar-refractivity contribution is 6.08. The third-order valence-corrected chi connectivity index (χ3v) is 12.3. The van der Waals surface area contributed by atoms with Gasteiger partial charge in [0.25, 0.3) is 0 Å². The molecule has 12 aromatic carbocycles. The second-order valence-corrected chi connectivity index (χ2v) is 16.3. The molecule has 0 radical (unpaired) electrons. The Bertz CT molecular complexity index is 4360. The van der Waals surface area contributed by atoms with Crippen molar-refractivity contribution in [3.05, 3.63) is 273 Å². The molecule has 1 nitrogen and oxygen atoms in total. The molecule has 0 aliphatic carbocycles. The van der Waals surface area contributed by atoms with Gasteiger partial charge in [0.05, 0.1) is 16.4 Å². The van der Waals surface area contributed by atoms with Crippen LogP contribution in [0.3, 0.4) is 0 Å². The van der Waals surface area contributed by atoms with E-state index in [9.17, 15) is 16.4 Å². The molecule has 0 aliphatic heterocycles. The van der Waals surface area contributed by atoms with Gasteiger partial charge in [-0.3, -0.25) is 0 Å². The van der Waals surface area contributed by atoms with Crippen LogP contribution < -0.4 is 4.90 Å². The molecule has 0 aliphatic rings. The molecule has 12 aromatic rings. The number of rotatable bonds is 9. The average Bonchev–Trinajstić information content (AvgIpc) is 3.65. The van der Waals surface area contributed by atoms with Crippen LogP contribution in [0.1, 0.15) is 16.4 Å². The van der Waals surface area contributed by atoms with E-state index in [1.807, 2.05) is 182 Å². The van der Waals surface area contributed by atoms with Crippen molar-refractivity contribution < 1.29 is 16.4 Å². The first-order valence-electron chi connectivity index (χ1n) is 28.1. The van der Waals surface area contributed by atoms with Gasteiger partial charge in [-0.1, -0.05) is 224 Å². The van der Waals surface area contributed by atoms with Gasteiger partial charge in [-0.2, -0.15) is 0 Å². The van der Waals surface area contributed by atoms with Crippen molar-refractivity contribution in [1.82, 2.24) is 0 Å². The summed E-state index contributed by atoms with van der Waals surface area (Å²) in [4.78, 5) is 0.876. The minimum atomic E-state index is -0.687. The lowest BCUT2D eigenvalue weighted by molar-refractivity contribution is 1.28. The molecular formula is C66H45N. The highest BCUT2D eigenvalue weighted by atomic mass is 15.1. The van der Waals surface area contributed by atoms with E-state index < -0.39 is 89.6 Å². The summed E-state index contributed by atoms with van der Waals surface area (Å²) < 4.78 is 118. The highest BCUT2D eigenvalue weighted by Gasteiger charge is 2.17. The monoisotopic (exact) mass is 863 g/mol. The average molecular weight is 864 g/mol. The van der Waals surface area contributed by atoms with Crippen molar-refractivity contribution in [1.29, 1.82) is 0 Å². The topological polar surface area (TPSA) is 3.24 Å². The summed E-state index contributed by atoms with van der Waals surface area (Å²) in [6.45, 7) is 0. The molecule has 0 saturated carbocycles. The molecular weight excluding hydrogens is 807 g/mol. The summed E-state index contributed by atoms with van der Waals surface area (Å²) in [7, 11) is 0. The Morgan fingerprint density at radius 1 is 0.239 bits per heavy atom. The summed E-state index contributed by atoms with van der Waals surface area (Å²) in [6.07, 6.45) is 0. The lowest BCUT2D eigenvalue weighted by atomic mass is 9.89. The van der Waals surface area contributed by atoms with Crippen LogP contribution in [-0.4, -0.2) is 0 Å². The molecule has 0 aromatic heterocycles. The third kappa shape index (κ3) is 7.63. The van der Waals surface area contributed by atoms with Crippen LogP contribution in [0.25, 0.3) is 99.1 Å². The third-order valence-electron chi connectivity index (χ3n) is 12.3. The minimum absolute atomic E-state index is 0.0589. The molecule has 0 atom stereocenters. The molecule has 12 rings (SSSR count). The van der Waals surface area contributed by atoms with Crippen molar-refractivity contribution in [3.8, 4) is 66.8 Å². The molecule has 314 valence electrons. The van der Waals surface area contributed by atoms with E-state index in [4.69, 9.17) is 0 Å². The summed E-state index contributed by atoms with van der Waals surface area (Å²) in [5.41, 5.74) is 3.92. The van der Waals surface area contributed by atoms with Gasteiger partial charge in [-0.15, -0.1) is 0 Å². The predicted octanol–water partition coefficient (Wildman–Crippen LogP) is 18.6. The molecule has 0 saturated heterocycles. The molecule has 0 bridgehead atoms. The van der Waals surface area contributed by atoms with Crippen LogP contribution in [-0.2, 0) is 0 Å². The minimum Gasteiger partial charge on any atom is -0.311 e. The maximum Gasteiger partial charge on any atom is 0.0645 e. The Morgan fingerprint density at radius 3 is 1.24 bits per heavy atom. The Hall–Kier alpha value is -8.78. The molecule has 0 unspecified atom stereocenters. The van der Waals surface area contributed by atoms with E-state index in [1.54, 1.807) is 18.2 Å². The zero-order chi connectivity index (χ0) is 55.0. The number of hydrogen-bond donors (Lipinski definition) is 0. The van der Waals surface area contributed by atoms with E-state index in [2.05, 4.69) is 0 Å². The first kappa shape index (κ1) is 28.9. The second-order valence-electron chi connectivity index (χ2n) is 16.3. The lowest BCUT2D eigenvalue weighted by Crippen LogP contribution is -2.09. The Morgan fingerprint density at radius 2 is 0.642 bits per heavy atom. The van der Waals surface area contributed by atoms with Crippen LogP contribution in [0.4, 0.5) is 17.1 Å². The highest BCUT2D eigenvalue weighted by Crippen LogP contribution is 2.43. The Balaban J connectivity index is 1.12. The van der Waals surface area contributed by atoms with Gasteiger partial charge in [0.15, 0.2) is 0 Å². The SMILES string of the molecule is [2H]c1c([2H])c(N(c2c([2H])c([2H])c(-c3ccc4c(ccc5ccccc54)c3)c([2H])c2[2H])c2c([2H])c([2H])c(-c3c(-c4ccccc4)ccc4ccccc34)c([2H])c2[2H])c([2H])c([2H])c1-c1ccc(-c2ccccc2)c(-c2ccccc2)c1. The molecule has 0 fully saturated rings. The van der Waals surface area contributed by atoms with Crippen molar-refractivity contribution in [2.24, 2.45) is 0 Å². The Kier molecular flexibility index (Phi) is 7.46. The number of nitrogens with zero attached hydrogens (tertiary/aromatic N) is 1. The first-order valence-corrected chi connectivity index (χ1v) is 22.1. The molecule has 0 spiro atoms. The summed E-state index contributed by atoms with van der Waals surface area (Å²) in [6, 6.07) is 55.2. The van der Waals surface area contributed by atoms with Crippen LogP contribution in [0, 0.1) is 0 Å². The zero-order valence-electron chi connectivity index (χ0n) is 48.0. The Labute approximate surface area is 409 Å². The molecule has 1 heteroatoms. The normalized spacial score (nSPS) is 13.8. The van der Waals surface area contributed by atoms with Crippen LogP contribution in [0.15, 0.2) is 273 Å². The van der Waals surface area contributed by atoms with E-state index in [-0.39, 0.29) is 16.7 Å². The van der Waals surface area contributed by atoms with Crippen LogP contribution in [0.5, 0.6) is 0 Å². The fraction of sp³-hybridized carbons (Fsp3) is 0. The van der Waals surface area contributed by atoms with Crippen molar-refractivity contribution in [3.63, 3.8) is 0 Å². The number of benzene rings is 12. The molecule has 0 heterocycles. The summed E-state index contributed by atoms with van der Waals surface area (Å²) in [5.74, 6) is 0. The van der Waals surface area contributed by atoms with Crippen LogP contribution >= 0.6 is 0 Å². The largest absolute Gasteiger partial charge is 0.311 e. The summed E-state index contributed by atoms with van der Waals surface area (Å²) in [5, 5.41) is 5.14. The summed E-state index contributed by atoms with van der Waals surface area (Å²) >= 11 is 0. The zero-order valence-corrected chi connectivity index (χ0v) is 36.0. The maximum absolute atomic E-state index is 9.95. The standard InChI is InChI=1S/C66H45N/c1-4-14-48(15-5-1)61-41-34-55(45-65(61)50-18-8-3-9-19-50)47-28-37-58(38-29-47)67(57-35-26-46(27-36-57)54-33-42-62-56(44-54)25-24-51-20-10-12-22-60(51)62)59-39-30-53(31-40-59)66-63-23-13-11-21-52(63)32-43-64(66)49-16-6-2-7-17-49/h1-45H/i26D,27D,28D,29D,30D,31D,35D,36D,37D,38D,39D,40D. The number of hydrogen-bond acceptors (Lipinski definition) is 1. The fourth-order valence-corrected chi connectivity index (χ4v) is 9.00. The molecule has 0 amide bonds. The van der Waals surface area contributed by atoms with Crippen molar-refractivity contribution >= 4 is 49.4 Å². The van der Waals surface area contributed by atoms with Gasteiger partial charge < -0.3 is 4.90 Å². The predicted molar refractivity (Wildman–Crippen MR) is 286 cm³/mol. The van der Waals surface area contributed by atoms with Crippen molar-refractivity contribution in [2.45, 2.75) is 0 Å². The lowest BCUT2D eigenvalue weighted by Gasteiger charge is -2.26. The number of anilines is 3. The smallest absolute Gasteiger partial charge is 0.0645 e. The molecule has 0 N–H and O–H groups in total. The fourth-order valence-electron chi connectivity index (χ4n) is 9.00. The van der Waals surface area contributed by atoms with E-state index in [0.29, 0.717) is 27.6 Å². The first-order chi connectivity index (χ1) is 38.2. The van der Waals surface area contributed by atoms with Gasteiger partial charge >= 0.3 is 0 Å². The van der Waals surface area contributed by atoms with E-state index in [0.717, 1.165) is 59.6 Å². The second kappa shape index (κ2) is 17.3. The molecule has 67 heavy (non-hydrogen) atoms. The van der Waals surface area contributed by atoms with Gasteiger partial charge in [0.1, 0.15) is 0 Å². The van der Waals surface area contributed by atoms with Crippen LogP contribution in [0.2, 0.25) is 0 Å². The quantitative estimate of drug-likeness (QED) is 0.131. The van der Waals surface area contributed by atoms with E-state index in [1.165, 1.54) is 0 Å². The van der Waals surface area contributed by atoms with Gasteiger partial charge in [0.2, 0.25) is 0 Å². The van der Waals surface area contributed by atoms with Gasteiger partial charge in [0, 0.05) is 17.1 Å². The van der Waals surface area contributed by atoms with E-state index >= 15 is 0 Å².